The maximum absolute atomic E-state index is 12.9. The Bertz CT molecular complexity index is 459. The van der Waals surface area contributed by atoms with E-state index < -0.39 is 20.7 Å². The van der Waals surface area contributed by atoms with Gasteiger partial charge in [-0.25, -0.2) is 12.7 Å². The molecule has 0 radical (unpaired) electrons. The molecule has 0 amide bonds. The molecule has 0 aromatic carbocycles. The minimum atomic E-state index is -3.86. The summed E-state index contributed by atoms with van der Waals surface area (Å²) in [5.41, 5.74) is 0. The Morgan fingerprint density at radius 3 is 2.15 bits per heavy atom. The van der Waals surface area contributed by atoms with Gasteiger partial charge in [0.2, 0.25) is 10.0 Å². The van der Waals surface area contributed by atoms with Crippen molar-refractivity contribution in [2.45, 2.75) is 37.9 Å². The number of hydrogen-bond donors (Lipinski definition) is 1. The summed E-state index contributed by atoms with van der Waals surface area (Å²) >= 11 is 0. The monoisotopic (exact) mass is 305 g/mol. The lowest BCUT2D eigenvalue weighted by molar-refractivity contribution is -0.143. The molecule has 0 saturated carbocycles. The second kappa shape index (κ2) is 5.61. The topological polar surface area (TPSA) is 83.9 Å². The van der Waals surface area contributed by atoms with Crippen LogP contribution in [0, 0.1) is 11.8 Å². The van der Waals surface area contributed by atoms with Gasteiger partial charge in [-0.15, -0.1) is 0 Å². The minimum Gasteiger partial charge on any atom is -0.480 e. The van der Waals surface area contributed by atoms with Crippen LogP contribution >= 0.6 is 0 Å². The number of hydrogen-bond acceptors (Lipinski definition) is 4. The number of carbonyl (C=O) groups is 1. The fraction of sp³-hybridized carbons (Fsp3) is 0.923. The zero-order chi connectivity index (χ0) is 15.0. The van der Waals surface area contributed by atoms with E-state index in [0.717, 1.165) is 6.42 Å². The molecule has 116 valence electrons. The first-order valence-corrected chi connectivity index (χ1v) is 8.54. The first-order valence-electron chi connectivity index (χ1n) is 7.10. The highest BCUT2D eigenvalue weighted by Gasteiger charge is 2.55. The molecular weight excluding hydrogens is 282 g/mol. The Kier molecular flexibility index (Phi) is 4.41. The average molecular weight is 305 g/mol. The molecule has 2 aliphatic rings. The van der Waals surface area contributed by atoms with Crippen LogP contribution in [-0.2, 0) is 19.6 Å². The summed E-state index contributed by atoms with van der Waals surface area (Å²) in [7, 11) is -3.86. The minimum absolute atomic E-state index is 0.0317. The van der Waals surface area contributed by atoms with Crippen molar-refractivity contribution in [1.29, 1.82) is 0 Å². The predicted octanol–water partition coefficient (Wildman–Crippen LogP) is 0.928. The molecule has 2 fully saturated rings. The molecule has 0 aliphatic carbocycles. The maximum Gasteiger partial charge on any atom is 0.326 e. The number of rotatable bonds is 3. The normalized spacial score (nSPS) is 31.9. The fourth-order valence-electron chi connectivity index (χ4n) is 3.33. The van der Waals surface area contributed by atoms with Gasteiger partial charge in [-0.2, -0.15) is 0 Å². The third-order valence-electron chi connectivity index (χ3n) is 4.36. The lowest BCUT2D eigenvalue weighted by Gasteiger charge is -2.41. The SMILES string of the molecule is CC1CC(C)CN(S(=O)(=O)C2(C(=O)O)CCOCC2)C1. The molecule has 2 aliphatic heterocycles. The largest absolute Gasteiger partial charge is 0.480 e. The fourth-order valence-corrected chi connectivity index (χ4v) is 5.63. The average Bonchev–Trinajstić information content (AvgIpc) is 2.38. The van der Waals surface area contributed by atoms with E-state index in [1.54, 1.807) is 0 Å². The van der Waals surface area contributed by atoms with Gasteiger partial charge in [0.1, 0.15) is 0 Å². The van der Waals surface area contributed by atoms with Crippen LogP contribution in [0.25, 0.3) is 0 Å². The van der Waals surface area contributed by atoms with Gasteiger partial charge in [0.05, 0.1) is 0 Å². The van der Waals surface area contributed by atoms with Crippen molar-refractivity contribution in [1.82, 2.24) is 4.31 Å². The van der Waals surface area contributed by atoms with Crippen LogP contribution in [0.1, 0.15) is 33.1 Å². The maximum atomic E-state index is 12.9. The summed E-state index contributed by atoms with van der Waals surface area (Å²) in [5, 5.41) is 9.53. The van der Waals surface area contributed by atoms with Crippen LogP contribution in [0.2, 0.25) is 0 Å². The van der Waals surface area contributed by atoms with Crippen LogP contribution in [-0.4, -0.2) is 54.8 Å². The van der Waals surface area contributed by atoms with Crippen molar-refractivity contribution in [3.05, 3.63) is 0 Å². The summed E-state index contributed by atoms with van der Waals surface area (Å²) in [4.78, 5) is 11.7. The number of nitrogens with zero attached hydrogens (tertiary/aromatic N) is 1. The third kappa shape index (κ3) is 2.58. The Hall–Kier alpha value is -0.660. The van der Waals surface area contributed by atoms with Crippen LogP contribution in [0.5, 0.6) is 0 Å². The number of sulfonamides is 1. The molecule has 20 heavy (non-hydrogen) atoms. The molecule has 2 atom stereocenters. The first kappa shape index (κ1) is 15.7. The molecule has 0 aromatic heterocycles. The molecule has 7 heteroatoms. The zero-order valence-corrected chi connectivity index (χ0v) is 12.9. The molecule has 0 aromatic rings. The first-order chi connectivity index (χ1) is 9.29. The third-order valence-corrected chi connectivity index (χ3v) is 6.91. The summed E-state index contributed by atoms with van der Waals surface area (Å²) in [6.07, 6.45) is 1.04. The number of ether oxygens (including phenoxy) is 1. The van der Waals surface area contributed by atoms with Gasteiger partial charge in [-0.05, 0) is 18.3 Å². The summed E-state index contributed by atoms with van der Waals surface area (Å²) in [6.45, 7) is 5.23. The quantitative estimate of drug-likeness (QED) is 0.838. The Labute approximate surface area is 120 Å². The lowest BCUT2D eigenvalue weighted by Crippen LogP contribution is -2.58. The Balaban J connectivity index is 2.33. The van der Waals surface area contributed by atoms with E-state index >= 15 is 0 Å². The van der Waals surface area contributed by atoms with Crippen LogP contribution in [0.3, 0.4) is 0 Å². The van der Waals surface area contributed by atoms with Crippen molar-refractivity contribution in [3.8, 4) is 0 Å². The van der Waals surface area contributed by atoms with Crippen molar-refractivity contribution in [2.24, 2.45) is 11.8 Å². The van der Waals surface area contributed by atoms with Gasteiger partial charge in [-0.1, -0.05) is 13.8 Å². The van der Waals surface area contributed by atoms with E-state index in [4.69, 9.17) is 4.74 Å². The molecule has 2 saturated heterocycles. The highest BCUT2D eigenvalue weighted by molar-refractivity contribution is 7.91. The standard InChI is InChI=1S/C13H23NO5S/c1-10-7-11(2)9-14(8-10)20(17,18)13(12(15)16)3-5-19-6-4-13/h10-11H,3-9H2,1-2H3,(H,15,16). The number of carboxylic acid groups (broad SMARTS) is 1. The smallest absolute Gasteiger partial charge is 0.326 e. The van der Waals surface area contributed by atoms with E-state index in [9.17, 15) is 18.3 Å². The van der Waals surface area contributed by atoms with E-state index in [0.29, 0.717) is 13.1 Å². The van der Waals surface area contributed by atoms with Crippen molar-refractivity contribution in [3.63, 3.8) is 0 Å². The van der Waals surface area contributed by atoms with Gasteiger partial charge in [0.15, 0.2) is 4.75 Å². The molecule has 1 N–H and O–H groups in total. The molecule has 0 spiro atoms. The van der Waals surface area contributed by atoms with Crippen LogP contribution < -0.4 is 0 Å². The van der Waals surface area contributed by atoms with E-state index in [1.165, 1.54) is 4.31 Å². The number of aliphatic carboxylic acids is 1. The van der Waals surface area contributed by atoms with Crippen LogP contribution in [0.15, 0.2) is 0 Å². The van der Waals surface area contributed by atoms with Gasteiger partial charge in [0.25, 0.3) is 0 Å². The molecule has 2 rings (SSSR count). The molecule has 6 nitrogen and oxygen atoms in total. The second-order valence-corrected chi connectivity index (χ2v) is 8.43. The van der Waals surface area contributed by atoms with Crippen molar-refractivity contribution in [2.75, 3.05) is 26.3 Å². The van der Waals surface area contributed by atoms with Gasteiger partial charge in [-0.3, -0.25) is 4.79 Å². The van der Waals surface area contributed by atoms with E-state index in [2.05, 4.69) is 0 Å². The highest BCUT2D eigenvalue weighted by Crippen LogP contribution is 2.35. The molecule has 0 bridgehead atoms. The molecular formula is C13H23NO5S. The van der Waals surface area contributed by atoms with Crippen molar-refractivity contribution < 1.29 is 23.1 Å². The molecule has 2 heterocycles. The van der Waals surface area contributed by atoms with E-state index in [-0.39, 0.29) is 37.9 Å². The predicted molar refractivity (Wildman–Crippen MR) is 73.9 cm³/mol. The number of piperidine rings is 1. The Morgan fingerprint density at radius 1 is 1.20 bits per heavy atom. The van der Waals surface area contributed by atoms with Gasteiger partial charge >= 0.3 is 5.97 Å². The Morgan fingerprint density at radius 2 is 1.70 bits per heavy atom. The second-order valence-electron chi connectivity index (χ2n) is 6.18. The van der Waals surface area contributed by atoms with Gasteiger partial charge < -0.3 is 9.84 Å². The van der Waals surface area contributed by atoms with Gasteiger partial charge in [0, 0.05) is 39.1 Å². The lowest BCUT2D eigenvalue weighted by atomic mass is 9.93. The van der Waals surface area contributed by atoms with E-state index in [1.807, 2.05) is 13.8 Å². The van der Waals surface area contributed by atoms with Crippen LogP contribution in [0.4, 0.5) is 0 Å². The van der Waals surface area contributed by atoms with Crippen molar-refractivity contribution >= 4 is 16.0 Å². The summed E-state index contributed by atoms with van der Waals surface area (Å²) in [6, 6.07) is 0. The number of carboxylic acids is 1. The summed E-state index contributed by atoms with van der Waals surface area (Å²) in [5.74, 6) is -0.717. The highest BCUT2D eigenvalue weighted by atomic mass is 32.2. The zero-order valence-electron chi connectivity index (χ0n) is 12.0. The molecule has 2 unspecified atom stereocenters. The summed E-state index contributed by atoms with van der Waals surface area (Å²) < 4.78 is 30.6.